The zero-order valence-corrected chi connectivity index (χ0v) is 17.0. The van der Waals surface area contributed by atoms with Crippen LogP contribution in [-0.2, 0) is 11.2 Å². The second kappa shape index (κ2) is 11.5. The minimum absolute atomic E-state index is 0.331. The Morgan fingerprint density at radius 3 is 2.50 bits per heavy atom. The molecule has 3 nitrogen and oxygen atoms in total. The van der Waals surface area contributed by atoms with Crippen molar-refractivity contribution in [2.45, 2.75) is 58.5 Å². The third-order valence-corrected chi connectivity index (χ3v) is 5.09. The standard InChI is InChI=1S/C25H32O3/c1-3-4-5-10-20-14-16-22(17-15-20)24(26)23-13-8-12-21(18-23)11-7-6-9-19(2)25(27)28/h7-8,11-19,24,26H,3-6,9-10H2,1-2H3,(H,27,28). The zero-order valence-electron chi connectivity index (χ0n) is 17.0. The van der Waals surface area contributed by atoms with Gasteiger partial charge in [-0.05, 0) is 54.0 Å². The highest BCUT2D eigenvalue weighted by Gasteiger charge is 2.11. The number of benzene rings is 2. The van der Waals surface area contributed by atoms with E-state index in [1.54, 1.807) is 6.92 Å². The van der Waals surface area contributed by atoms with Gasteiger partial charge in [-0.25, -0.2) is 0 Å². The number of aliphatic carboxylic acids is 1. The Hall–Kier alpha value is -2.39. The lowest BCUT2D eigenvalue weighted by atomic mass is 9.97. The van der Waals surface area contributed by atoms with Crippen molar-refractivity contribution in [3.05, 3.63) is 76.9 Å². The third kappa shape index (κ3) is 6.97. The number of aryl methyl sites for hydroxylation is 1. The molecule has 2 aromatic carbocycles. The molecule has 0 aliphatic carbocycles. The lowest BCUT2D eigenvalue weighted by Crippen LogP contribution is -2.08. The summed E-state index contributed by atoms with van der Waals surface area (Å²) in [6, 6.07) is 16.1. The Labute approximate surface area is 168 Å². The summed E-state index contributed by atoms with van der Waals surface area (Å²) in [6.07, 6.45) is 9.45. The number of hydrogen-bond acceptors (Lipinski definition) is 2. The normalized spacial score (nSPS) is 13.5. The molecule has 2 N–H and O–H groups in total. The van der Waals surface area contributed by atoms with E-state index in [1.807, 2.05) is 48.6 Å². The van der Waals surface area contributed by atoms with E-state index in [0.717, 1.165) is 29.5 Å². The Morgan fingerprint density at radius 2 is 1.82 bits per heavy atom. The van der Waals surface area contributed by atoms with Gasteiger partial charge in [-0.2, -0.15) is 0 Å². The van der Waals surface area contributed by atoms with Gasteiger partial charge in [0.1, 0.15) is 6.10 Å². The van der Waals surface area contributed by atoms with E-state index in [1.165, 1.54) is 24.8 Å². The Balaban J connectivity index is 1.97. The van der Waals surface area contributed by atoms with Crippen LogP contribution in [0, 0.1) is 5.92 Å². The molecule has 2 rings (SSSR count). The second-order valence-electron chi connectivity index (χ2n) is 7.49. The number of carboxylic acids is 1. The highest BCUT2D eigenvalue weighted by atomic mass is 16.4. The molecule has 0 radical (unpaired) electrons. The molecule has 28 heavy (non-hydrogen) atoms. The van der Waals surface area contributed by atoms with Gasteiger partial charge in [0.15, 0.2) is 0 Å². The average Bonchev–Trinajstić information content (AvgIpc) is 2.71. The molecule has 0 bridgehead atoms. The maximum absolute atomic E-state index is 10.9. The minimum Gasteiger partial charge on any atom is -0.481 e. The van der Waals surface area contributed by atoms with Crippen LogP contribution in [0.4, 0.5) is 0 Å². The molecular weight excluding hydrogens is 348 g/mol. The number of hydrogen-bond donors (Lipinski definition) is 2. The number of allylic oxidation sites excluding steroid dienone is 1. The Bertz CT molecular complexity index is 762. The van der Waals surface area contributed by atoms with Gasteiger partial charge < -0.3 is 10.2 Å². The van der Waals surface area contributed by atoms with Gasteiger partial charge in [0.05, 0.1) is 5.92 Å². The smallest absolute Gasteiger partial charge is 0.306 e. The first kappa shape index (κ1) is 21.9. The number of rotatable bonds is 11. The summed E-state index contributed by atoms with van der Waals surface area (Å²) in [7, 11) is 0. The van der Waals surface area contributed by atoms with Crippen LogP contribution in [0.5, 0.6) is 0 Å². The van der Waals surface area contributed by atoms with Crippen molar-refractivity contribution in [1.82, 2.24) is 0 Å². The summed E-state index contributed by atoms with van der Waals surface area (Å²) in [5.74, 6) is -1.09. The molecule has 0 spiro atoms. The van der Waals surface area contributed by atoms with Crippen LogP contribution in [0.15, 0.2) is 54.6 Å². The molecule has 2 atom stereocenters. The summed E-state index contributed by atoms with van der Waals surface area (Å²) in [5, 5.41) is 19.7. The molecule has 0 fully saturated rings. The molecule has 2 aromatic rings. The SMILES string of the molecule is CCCCCc1ccc(C(O)c2cccc(C=CCCC(C)C(=O)O)c2)cc1. The zero-order chi connectivity index (χ0) is 20.4. The van der Waals surface area contributed by atoms with Gasteiger partial charge in [-0.3, -0.25) is 4.79 Å². The lowest BCUT2D eigenvalue weighted by molar-refractivity contribution is -0.141. The van der Waals surface area contributed by atoms with Gasteiger partial charge in [0.25, 0.3) is 0 Å². The highest BCUT2D eigenvalue weighted by molar-refractivity contribution is 5.69. The third-order valence-electron chi connectivity index (χ3n) is 5.09. The average molecular weight is 381 g/mol. The van der Waals surface area contributed by atoms with E-state index in [4.69, 9.17) is 5.11 Å². The summed E-state index contributed by atoms with van der Waals surface area (Å²) in [5.41, 5.74) is 4.09. The molecule has 3 heteroatoms. The van der Waals surface area contributed by atoms with E-state index in [0.29, 0.717) is 6.42 Å². The molecule has 0 aromatic heterocycles. The van der Waals surface area contributed by atoms with Crippen molar-refractivity contribution in [1.29, 1.82) is 0 Å². The number of carboxylic acid groups (broad SMARTS) is 1. The van der Waals surface area contributed by atoms with Crippen LogP contribution in [0.3, 0.4) is 0 Å². The fourth-order valence-electron chi connectivity index (χ4n) is 3.16. The van der Waals surface area contributed by atoms with Crippen LogP contribution in [0.2, 0.25) is 0 Å². The highest BCUT2D eigenvalue weighted by Crippen LogP contribution is 2.24. The van der Waals surface area contributed by atoms with Crippen molar-refractivity contribution < 1.29 is 15.0 Å². The topological polar surface area (TPSA) is 57.5 Å². The molecular formula is C25H32O3. The molecule has 0 saturated carbocycles. The van der Waals surface area contributed by atoms with Crippen LogP contribution in [0.1, 0.15) is 74.3 Å². The van der Waals surface area contributed by atoms with Crippen molar-refractivity contribution in [2.75, 3.05) is 0 Å². The van der Waals surface area contributed by atoms with E-state index in [9.17, 15) is 9.90 Å². The minimum atomic E-state index is -0.755. The maximum Gasteiger partial charge on any atom is 0.306 e. The number of unbranched alkanes of at least 4 members (excludes halogenated alkanes) is 2. The summed E-state index contributed by atoms with van der Waals surface area (Å²) >= 11 is 0. The first-order chi connectivity index (χ1) is 13.5. The van der Waals surface area contributed by atoms with E-state index in [-0.39, 0.29) is 5.92 Å². The fourth-order valence-corrected chi connectivity index (χ4v) is 3.16. The predicted molar refractivity (Wildman–Crippen MR) is 115 cm³/mol. The molecule has 0 amide bonds. The molecule has 2 unspecified atom stereocenters. The van der Waals surface area contributed by atoms with Crippen molar-refractivity contribution in [3.8, 4) is 0 Å². The Morgan fingerprint density at radius 1 is 1.07 bits per heavy atom. The predicted octanol–water partition coefficient (Wildman–Crippen LogP) is 6.02. The van der Waals surface area contributed by atoms with E-state index < -0.39 is 12.1 Å². The van der Waals surface area contributed by atoms with Gasteiger partial charge >= 0.3 is 5.97 Å². The monoisotopic (exact) mass is 380 g/mol. The summed E-state index contributed by atoms with van der Waals surface area (Å²) in [6.45, 7) is 3.93. The summed E-state index contributed by atoms with van der Waals surface area (Å²) in [4.78, 5) is 10.9. The van der Waals surface area contributed by atoms with Gasteiger partial charge in [0.2, 0.25) is 0 Å². The van der Waals surface area contributed by atoms with E-state index >= 15 is 0 Å². The maximum atomic E-state index is 10.9. The largest absolute Gasteiger partial charge is 0.481 e. The van der Waals surface area contributed by atoms with Gasteiger partial charge in [-0.1, -0.05) is 81.3 Å². The Kier molecular flexibility index (Phi) is 8.96. The fraction of sp³-hybridized carbons (Fsp3) is 0.400. The van der Waals surface area contributed by atoms with Crippen molar-refractivity contribution in [3.63, 3.8) is 0 Å². The molecule has 0 aliphatic rings. The first-order valence-corrected chi connectivity index (χ1v) is 10.3. The molecule has 150 valence electrons. The quantitative estimate of drug-likeness (QED) is 0.469. The molecule has 0 heterocycles. The lowest BCUT2D eigenvalue weighted by Gasteiger charge is -2.13. The van der Waals surface area contributed by atoms with Crippen LogP contribution < -0.4 is 0 Å². The van der Waals surface area contributed by atoms with Crippen LogP contribution in [0.25, 0.3) is 6.08 Å². The number of aliphatic hydroxyl groups is 1. The van der Waals surface area contributed by atoms with Crippen molar-refractivity contribution >= 4 is 12.0 Å². The first-order valence-electron chi connectivity index (χ1n) is 10.3. The van der Waals surface area contributed by atoms with Crippen LogP contribution >= 0.6 is 0 Å². The van der Waals surface area contributed by atoms with Crippen LogP contribution in [-0.4, -0.2) is 16.2 Å². The number of carbonyl (C=O) groups is 1. The summed E-state index contributed by atoms with van der Waals surface area (Å²) < 4.78 is 0. The molecule has 0 saturated heterocycles. The van der Waals surface area contributed by atoms with E-state index in [2.05, 4.69) is 19.1 Å². The van der Waals surface area contributed by atoms with Gasteiger partial charge in [0, 0.05) is 0 Å². The second-order valence-corrected chi connectivity index (χ2v) is 7.49. The van der Waals surface area contributed by atoms with Crippen molar-refractivity contribution in [2.24, 2.45) is 5.92 Å². The molecule has 0 aliphatic heterocycles. The van der Waals surface area contributed by atoms with Gasteiger partial charge in [-0.15, -0.1) is 0 Å². The number of aliphatic hydroxyl groups excluding tert-OH is 1.